The molecule has 19 heavy (non-hydrogen) atoms. The summed E-state index contributed by atoms with van der Waals surface area (Å²) < 4.78 is 12.1. The molecular weight excluding hydrogens is 237 g/mol. The number of hydrogen-bond acceptors (Lipinski definition) is 3. The van der Waals surface area contributed by atoms with Crippen LogP contribution in [0.25, 0.3) is 0 Å². The van der Waals surface area contributed by atoms with Crippen LogP contribution in [0, 0.1) is 6.92 Å². The van der Waals surface area contributed by atoms with Crippen LogP contribution in [0.5, 0.6) is 0 Å². The van der Waals surface area contributed by atoms with Gasteiger partial charge in [0.2, 0.25) is 0 Å². The molecule has 2 rings (SSSR count). The van der Waals surface area contributed by atoms with Gasteiger partial charge in [-0.1, -0.05) is 18.2 Å². The van der Waals surface area contributed by atoms with Crippen LogP contribution in [0.1, 0.15) is 51.8 Å². The van der Waals surface area contributed by atoms with Crippen molar-refractivity contribution in [3.8, 4) is 0 Å². The Bertz CT molecular complexity index is 467. The minimum Gasteiger partial charge on any atom is -0.399 e. The standard InChI is InChI=1S/C15H24BNO2/c1-10-9-12(7-8-13(10)11(2)17)16-18-14(3,4)15(5,6)19-16/h7-9,11H,17H2,1-6H3/t11-/m1/s1. The summed E-state index contributed by atoms with van der Waals surface area (Å²) in [4.78, 5) is 0. The second kappa shape index (κ2) is 4.62. The van der Waals surface area contributed by atoms with Crippen LogP contribution in [-0.2, 0) is 9.31 Å². The molecule has 1 aliphatic heterocycles. The molecule has 1 heterocycles. The fourth-order valence-corrected chi connectivity index (χ4v) is 2.34. The van der Waals surface area contributed by atoms with Crippen molar-refractivity contribution in [1.82, 2.24) is 0 Å². The van der Waals surface area contributed by atoms with Gasteiger partial charge in [-0.3, -0.25) is 0 Å². The van der Waals surface area contributed by atoms with E-state index in [0.717, 1.165) is 5.46 Å². The molecule has 1 atom stereocenters. The Kier molecular flexibility index (Phi) is 3.54. The second-order valence-corrected chi connectivity index (χ2v) is 6.49. The van der Waals surface area contributed by atoms with Crippen LogP contribution >= 0.6 is 0 Å². The van der Waals surface area contributed by atoms with Crippen molar-refractivity contribution < 1.29 is 9.31 Å². The number of nitrogens with two attached hydrogens (primary N) is 1. The summed E-state index contributed by atoms with van der Waals surface area (Å²) in [5, 5.41) is 0. The van der Waals surface area contributed by atoms with E-state index in [9.17, 15) is 0 Å². The Balaban J connectivity index is 2.28. The molecule has 0 radical (unpaired) electrons. The van der Waals surface area contributed by atoms with Gasteiger partial charge in [0.15, 0.2) is 0 Å². The molecule has 0 aliphatic carbocycles. The molecule has 104 valence electrons. The summed E-state index contributed by atoms with van der Waals surface area (Å²) >= 11 is 0. The van der Waals surface area contributed by atoms with Crippen molar-refractivity contribution in [1.29, 1.82) is 0 Å². The summed E-state index contributed by atoms with van der Waals surface area (Å²) in [6.45, 7) is 12.3. The topological polar surface area (TPSA) is 44.5 Å². The lowest BCUT2D eigenvalue weighted by Gasteiger charge is -2.32. The molecule has 0 aromatic heterocycles. The quantitative estimate of drug-likeness (QED) is 0.831. The van der Waals surface area contributed by atoms with Gasteiger partial charge in [0, 0.05) is 6.04 Å². The number of aryl methyl sites for hydroxylation is 1. The first-order chi connectivity index (χ1) is 8.64. The highest BCUT2D eigenvalue weighted by molar-refractivity contribution is 6.62. The Morgan fingerprint density at radius 3 is 2.05 bits per heavy atom. The molecule has 1 fully saturated rings. The fourth-order valence-electron chi connectivity index (χ4n) is 2.34. The zero-order valence-electron chi connectivity index (χ0n) is 12.8. The van der Waals surface area contributed by atoms with Gasteiger partial charge in [-0.15, -0.1) is 0 Å². The SMILES string of the molecule is Cc1cc(B2OC(C)(C)C(C)(C)O2)ccc1[C@@H](C)N. The summed E-state index contributed by atoms with van der Waals surface area (Å²) in [6.07, 6.45) is 0. The van der Waals surface area contributed by atoms with Gasteiger partial charge in [0.25, 0.3) is 0 Å². The Morgan fingerprint density at radius 2 is 1.63 bits per heavy atom. The fraction of sp³-hybridized carbons (Fsp3) is 0.600. The molecule has 1 aliphatic rings. The summed E-state index contributed by atoms with van der Waals surface area (Å²) in [5.74, 6) is 0. The molecule has 4 heteroatoms. The highest BCUT2D eigenvalue weighted by Gasteiger charge is 2.51. The average Bonchev–Trinajstić information content (AvgIpc) is 2.47. The maximum Gasteiger partial charge on any atom is 0.494 e. The third-order valence-electron chi connectivity index (χ3n) is 4.31. The third-order valence-corrected chi connectivity index (χ3v) is 4.31. The van der Waals surface area contributed by atoms with E-state index in [2.05, 4.69) is 46.8 Å². The molecule has 0 saturated carbocycles. The van der Waals surface area contributed by atoms with E-state index < -0.39 is 0 Å². The van der Waals surface area contributed by atoms with E-state index in [1.165, 1.54) is 11.1 Å². The predicted octanol–water partition coefficient (Wildman–Crippen LogP) is 2.31. The first kappa shape index (κ1) is 14.6. The number of benzene rings is 1. The number of hydrogen-bond donors (Lipinski definition) is 1. The highest BCUT2D eigenvalue weighted by atomic mass is 16.7. The van der Waals surface area contributed by atoms with Crippen LogP contribution < -0.4 is 11.2 Å². The molecule has 2 N–H and O–H groups in total. The summed E-state index contributed by atoms with van der Waals surface area (Å²) in [7, 11) is -0.300. The van der Waals surface area contributed by atoms with Gasteiger partial charge in [0.1, 0.15) is 0 Å². The maximum absolute atomic E-state index is 6.05. The summed E-state index contributed by atoms with van der Waals surface area (Å²) in [5.41, 5.74) is 8.75. The lowest BCUT2D eigenvalue weighted by Crippen LogP contribution is -2.41. The molecular formula is C15H24BNO2. The normalized spacial score (nSPS) is 22.6. The van der Waals surface area contributed by atoms with E-state index in [4.69, 9.17) is 15.0 Å². The zero-order chi connectivity index (χ0) is 14.4. The minimum atomic E-state index is -0.300. The lowest BCUT2D eigenvalue weighted by atomic mass is 9.77. The molecule has 0 spiro atoms. The zero-order valence-corrected chi connectivity index (χ0v) is 12.8. The van der Waals surface area contributed by atoms with E-state index in [-0.39, 0.29) is 24.4 Å². The van der Waals surface area contributed by atoms with Crippen LogP contribution in [0.2, 0.25) is 0 Å². The van der Waals surface area contributed by atoms with Crippen molar-refractivity contribution >= 4 is 12.6 Å². The van der Waals surface area contributed by atoms with E-state index in [1.807, 2.05) is 13.0 Å². The molecule has 0 amide bonds. The predicted molar refractivity (Wildman–Crippen MR) is 79.5 cm³/mol. The van der Waals surface area contributed by atoms with Crippen molar-refractivity contribution in [2.75, 3.05) is 0 Å². The highest BCUT2D eigenvalue weighted by Crippen LogP contribution is 2.36. The molecule has 1 aromatic carbocycles. The van der Waals surface area contributed by atoms with E-state index in [0.29, 0.717) is 0 Å². The molecule has 1 aromatic rings. The van der Waals surface area contributed by atoms with Gasteiger partial charge >= 0.3 is 7.12 Å². The molecule has 0 bridgehead atoms. The van der Waals surface area contributed by atoms with Crippen LogP contribution in [0.3, 0.4) is 0 Å². The Morgan fingerprint density at radius 1 is 1.11 bits per heavy atom. The van der Waals surface area contributed by atoms with E-state index in [1.54, 1.807) is 0 Å². The summed E-state index contributed by atoms with van der Waals surface area (Å²) in [6, 6.07) is 6.28. The largest absolute Gasteiger partial charge is 0.494 e. The van der Waals surface area contributed by atoms with Gasteiger partial charge in [-0.05, 0) is 58.1 Å². The monoisotopic (exact) mass is 261 g/mol. The van der Waals surface area contributed by atoms with Gasteiger partial charge in [0.05, 0.1) is 11.2 Å². The molecule has 0 unspecified atom stereocenters. The van der Waals surface area contributed by atoms with Gasteiger partial charge in [-0.2, -0.15) is 0 Å². The van der Waals surface area contributed by atoms with Gasteiger partial charge < -0.3 is 15.0 Å². The minimum absolute atomic E-state index is 0.0485. The van der Waals surface area contributed by atoms with E-state index >= 15 is 0 Å². The Hall–Kier alpha value is -0.835. The smallest absolute Gasteiger partial charge is 0.399 e. The number of rotatable bonds is 2. The van der Waals surface area contributed by atoms with Gasteiger partial charge in [-0.25, -0.2) is 0 Å². The first-order valence-corrected chi connectivity index (χ1v) is 6.86. The van der Waals surface area contributed by atoms with Crippen molar-refractivity contribution in [3.63, 3.8) is 0 Å². The van der Waals surface area contributed by atoms with Crippen LogP contribution in [-0.4, -0.2) is 18.3 Å². The van der Waals surface area contributed by atoms with Crippen LogP contribution in [0.4, 0.5) is 0 Å². The third kappa shape index (κ3) is 2.57. The second-order valence-electron chi connectivity index (χ2n) is 6.49. The Labute approximate surface area is 116 Å². The van der Waals surface area contributed by atoms with Crippen LogP contribution in [0.15, 0.2) is 18.2 Å². The molecule has 1 saturated heterocycles. The van der Waals surface area contributed by atoms with Crippen molar-refractivity contribution in [2.24, 2.45) is 5.73 Å². The average molecular weight is 261 g/mol. The first-order valence-electron chi connectivity index (χ1n) is 6.86. The lowest BCUT2D eigenvalue weighted by molar-refractivity contribution is 0.00578. The van der Waals surface area contributed by atoms with Crippen molar-refractivity contribution in [2.45, 2.75) is 58.8 Å². The van der Waals surface area contributed by atoms with Crippen molar-refractivity contribution in [3.05, 3.63) is 29.3 Å². The molecule has 3 nitrogen and oxygen atoms in total. The maximum atomic E-state index is 6.05.